The molecule has 3 rings (SSSR count). The van der Waals surface area contributed by atoms with E-state index in [0.717, 1.165) is 37.7 Å². The summed E-state index contributed by atoms with van der Waals surface area (Å²) in [7, 11) is 0.888. The number of aliphatic imine (C=N–C) groups is 1. The highest BCUT2D eigenvalue weighted by Crippen LogP contribution is 2.22. The molecule has 0 unspecified atom stereocenters. The van der Waals surface area contributed by atoms with Crippen LogP contribution >= 0.6 is 11.6 Å². The highest BCUT2D eigenvalue weighted by molar-refractivity contribution is 7.90. The number of hydrogen-bond donors (Lipinski definition) is 8. The van der Waals surface area contributed by atoms with E-state index in [-0.39, 0.29) is 28.8 Å². The molecule has 274 valence electrons. The van der Waals surface area contributed by atoms with Gasteiger partial charge >= 0.3 is 18.0 Å². The van der Waals surface area contributed by atoms with Gasteiger partial charge in [0.05, 0.1) is 17.6 Å². The van der Waals surface area contributed by atoms with Crippen LogP contribution in [0.1, 0.15) is 48.0 Å². The second kappa shape index (κ2) is 21.6. The van der Waals surface area contributed by atoms with E-state index >= 15 is 0 Å². The molecule has 0 spiro atoms. The predicted octanol–water partition coefficient (Wildman–Crippen LogP) is 2.11. The summed E-state index contributed by atoms with van der Waals surface area (Å²) in [5.74, 6) is -2.45. The molecule has 17 nitrogen and oxygen atoms in total. The number of methoxy groups -OCH3 is 1. The molecule has 50 heavy (non-hydrogen) atoms. The van der Waals surface area contributed by atoms with E-state index < -0.39 is 28.0 Å². The molecular weight excluding hydrogens is 696 g/mol. The van der Waals surface area contributed by atoms with Gasteiger partial charge in [0.15, 0.2) is 5.96 Å². The summed E-state index contributed by atoms with van der Waals surface area (Å²) >= 11 is 5.96. The molecule has 1 saturated carbocycles. The van der Waals surface area contributed by atoms with Crippen molar-refractivity contribution in [2.75, 3.05) is 27.7 Å². The Morgan fingerprint density at radius 2 is 1.60 bits per heavy atom. The van der Waals surface area contributed by atoms with E-state index in [1.54, 1.807) is 38.4 Å². The number of carboxylic acids is 2. The second-order valence-electron chi connectivity index (χ2n) is 10.7. The van der Waals surface area contributed by atoms with E-state index in [2.05, 4.69) is 20.3 Å². The van der Waals surface area contributed by atoms with E-state index in [4.69, 9.17) is 43.4 Å². The lowest BCUT2D eigenvalue weighted by Crippen LogP contribution is -2.45. The zero-order valence-electron chi connectivity index (χ0n) is 27.8. The van der Waals surface area contributed by atoms with Crippen LogP contribution in [-0.2, 0) is 26.0 Å². The monoisotopic (exact) mass is 738 g/mol. The van der Waals surface area contributed by atoms with Gasteiger partial charge in [0, 0.05) is 43.9 Å². The van der Waals surface area contributed by atoms with Crippen molar-refractivity contribution in [3.8, 4) is 5.75 Å². The molecule has 0 bridgehead atoms. The number of hydrogen-bond acceptors (Lipinski definition) is 8. The van der Waals surface area contributed by atoms with Crippen LogP contribution in [0, 0.1) is 5.41 Å². The zero-order chi connectivity index (χ0) is 37.9. The van der Waals surface area contributed by atoms with Crippen molar-refractivity contribution in [3.63, 3.8) is 0 Å². The maximum absolute atomic E-state index is 12.5. The molecule has 0 heterocycles. The number of carboxylic acid groups (broad SMARTS) is 2. The summed E-state index contributed by atoms with van der Waals surface area (Å²) in [5.41, 5.74) is 11.2. The maximum Gasteiger partial charge on any atom is 0.328 e. The number of ether oxygens (including phenoxy) is 1. The average Bonchev–Trinajstić information content (AvgIpc) is 3.04. The largest absolute Gasteiger partial charge is 0.496 e. The van der Waals surface area contributed by atoms with Crippen LogP contribution in [0.3, 0.4) is 0 Å². The number of sulfonamides is 1. The summed E-state index contributed by atoms with van der Waals surface area (Å²) in [6.07, 6.45) is 6.54. The van der Waals surface area contributed by atoms with E-state index in [9.17, 15) is 27.6 Å². The lowest BCUT2D eigenvalue weighted by molar-refractivity contribution is -0.134. The van der Waals surface area contributed by atoms with Gasteiger partial charge in [-0.05, 0) is 55.2 Å². The Hall–Kier alpha value is -5.36. The minimum atomic E-state index is -3.97. The van der Waals surface area contributed by atoms with Gasteiger partial charge in [-0.2, -0.15) is 4.99 Å². The lowest BCUT2D eigenvalue weighted by atomic mass is 9.96. The van der Waals surface area contributed by atoms with Gasteiger partial charge < -0.3 is 42.0 Å². The van der Waals surface area contributed by atoms with Crippen molar-refractivity contribution >= 4 is 57.4 Å². The van der Waals surface area contributed by atoms with Crippen LogP contribution in [0.25, 0.3) is 0 Å². The highest BCUT2D eigenvalue weighted by atomic mass is 35.5. The number of halogens is 1. The number of carbonyl (C=O) groups is 4. The molecule has 0 saturated heterocycles. The Labute approximate surface area is 295 Å². The smallest absolute Gasteiger partial charge is 0.328 e. The minimum absolute atomic E-state index is 0.00209. The minimum Gasteiger partial charge on any atom is -0.496 e. The van der Waals surface area contributed by atoms with Crippen LogP contribution < -0.4 is 31.6 Å². The van der Waals surface area contributed by atoms with Crippen LogP contribution in [0.15, 0.2) is 64.5 Å². The van der Waals surface area contributed by atoms with Gasteiger partial charge in [0.2, 0.25) is 5.96 Å². The van der Waals surface area contributed by atoms with Crippen LogP contribution in [0.4, 0.5) is 4.79 Å². The number of nitrogens with zero attached hydrogens (tertiary/aromatic N) is 2. The number of benzene rings is 2. The number of guanidine groups is 2. The SMILES string of the molecule is CN(C)C(=N)N=C(N)N.COc1ccc(Cl)cc1C(=O)NCCc1ccc(S(=O)(=O)NC(=O)NC2CCCCC2)cc1.O=C(O)/C=C/C(=O)O. The summed E-state index contributed by atoms with van der Waals surface area (Å²) in [4.78, 5) is 48.6. The first kappa shape index (κ1) is 42.7. The Bertz CT molecular complexity index is 1620. The second-order valence-corrected chi connectivity index (χ2v) is 12.8. The summed E-state index contributed by atoms with van der Waals surface area (Å²) in [6.45, 7) is 0.336. The molecule has 0 aromatic heterocycles. The molecule has 3 amide bonds. The Balaban J connectivity index is 0.000000605. The number of nitrogens with two attached hydrogens (primary N) is 2. The first-order valence-corrected chi connectivity index (χ1v) is 16.8. The maximum atomic E-state index is 12.5. The molecule has 2 aromatic carbocycles. The third kappa shape index (κ3) is 17.2. The Morgan fingerprint density at radius 3 is 2.08 bits per heavy atom. The van der Waals surface area contributed by atoms with Gasteiger partial charge in [0.1, 0.15) is 5.75 Å². The Morgan fingerprint density at radius 1 is 1.02 bits per heavy atom. The fourth-order valence-corrected chi connectivity index (χ4v) is 5.20. The molecule has 1 aliphatic carbocycles. The van der Waals surface area contributed by atoms with Gasteiger partial charge in [-0.3, -0.25) is 10.2 Å². The van der Waals surface area contributed by atoms with Crippen LogP contribution in [0.2, 0.25) is 5.02 Å². The van der Waals surface area contributed by atoms with Gasteiger partial charge in [-0.1, -0.05) is 43.0 Å². The molecule has 0 aliphatic heterocycles. The quantitative estimate of drug-likeness (QED) is 0.0989. The fourth-order valence-electron chi connectivity index (χ4n) is 4.12. The Kier molecular flexibility index (Phi) is 18.4. The third-order valence-electron chi connectivity index (χ3n) is 6.53. The van der Waals surface area contributed by atoms with E-state index in [0.29, 0.717) is 41.5 Å². The normalized spacial score (nSPS) is 12.5. The number of urea groups is 1. The molecule has 0 radical (unpaired) electrons. The molecule has 0 atom stereocenters. The molecule has 1 aliphatic rings. The van der Waals surface area contributed by atoms with Crippen molar-refractivity contribution < 1.29 is 42.5 Å². The number of nitrogens with one attached hydrogen (secondary N) is 4. The fraction of sp³-hybridized carbons (Fsp3) is 0.355. The van der Waals surface area contributed by atoms with E-state index in [1.807, 2.05) is 0 Å². The van der Waals surface area contributed by atoms with Crippen molar-refractivity contribution in [2.45, 2.75) is 49.5 Å². The number of rotatable bonds is 10. The van der Waals surface area contributed by atoms with Gasteiger partial charge in [-0.25, -0.2) is 27.5 Å². The van der Waals surface area contributed by atoms with Gasteiger partial charge in [0.25, 0.3) is 15.9 Å². The van der Waals surface area contributed by atoms with Gasteiger partial charge in [-0.15, -0.1) is 0 Å². The average molecular weight is 739 g/mol. The third-order valence-corrected chi connectivity index (χ3v) is 8.12. The standard InChI is InChI=1S/C23H28ClN3O5S.C4H11N5.C4H4O4/c1-32-21-12-9-17(24)15-20(21)22(28)25-14-13-16-7-10-19(11-8-16)33(30,31)27-23(29)26-18-5-3-2-4-6-18;1-9(2)4(7)8-3(5)6;5-3(6)1-2-4(7)8/h7-12,15,18H,2-6,13-14H2,1H3,(H,25,28)(H2,26,27,29);1-2H3,(H5,5,6,7,8);1-2H,(H,5,6)(H,7,8)/b;;2-1+. The predicted molar refractivity (Wildman–Crippen MR) is 188 cm³/mol. The molecule has 19 heteroatoms. The van der Waals surface area contributed by atoms with Crippen molar-refractivity contribution in [2.24, 2.45) is 16.5 Å². The number of carbonyl (C=O) groups excluding carboxylic acids is 2. The summed E-state index contributed by atoms with van der Waals surface area (Å²) in [5, 5.41) is 28.6. The first-order valence-electron chi connectivity index (χ1n) is 15.0. The van der Waals surface area contributed by atoms with Crippen LogP contribution in [-0.4, -0.2) is 93.1 Å². The molecule has 10 N–H and O–H groups in total. The first-order chi connectivity index (χ1) is 23.4. The number of amides is 3. The summed E-state index contributed by atoms with van der Waals surface area (Å²) in [6, 6.07) is 10.3. The summed E-state index contributed by atoms with van der Waals surface area (Å²) < 4.78 is 32.2. The van der Waals surface area contributed by atoms with E-state index in [1.165, 1.54) is 30.2 Å². The van der Waals surface area contributed by atoms with Crippen LogP contribution in [0.5, 0.6) is 5.75 Å². The molecular formula is C31H43ClN8O9S. The van der Waals surface area contributed by atoms with Crippen molar-refractivity contribution in [1.82, 2.24) is 20.3 Å². The lowest BCUT2D eigenvalue weighted by Gasteiger charge is -2.22. The molecule has 1 fully saturated rings. The topological polar surface area (TPSA) is 280 Å². The zero-order valence-corrected chi connectivity index (χ0v) is 29.4. The van der Waals surface area contributed by atoms with Crippen molar-refractivity contribution in [1.29, 1.82) is 5.41 Å². The highest BCUT2D eigenvalue weighted by Gasteiger charge is 2.21. The van der Waals surface area contributed by atoms with Crippen molar-refractivity contribution in [3.05, 3.63) is 70.8 Å². The number of aliphatic carboxylic acids is 2. The molecule has 2 aromatic rings.